The summed E-state index contributed by atoms with van der Waals surface area (Å²) in [6, 6.07) is 28.8. The van der Waals surface area contributed by atoms with Crippen molar-refractivity contribution in [1.82, 2.24) is 5.32 Å². The molecule has 0 aliphatic carbocycles. The van der Waals surface area contributed by atoms with Crippen LogP contribution in [0.25, 0.3) is 6.08 Å². The van der Waals surface area contributed by atoms with Crippen molar-refractivity contribution < 1.29 is 18.8 Å². The van der Waals surface area contributed by atoms with Gasteiger partial charge in [-0.15, -0.1) is 11.8 Å². The molecule has 0 aliphatic rings. The van der Waals surface area contributed by atoms with Gasteiger partial charge in [0.2, 0.25) is 0 Å². The molecule has 0 spiro atoms. The number of rotatable bonds is 9. The molecule has 0 radical (unpaired) electrons. The van der Waals surface area contributed by atoms with E-state index in [9.17, 15) is 18.8 Å². The quantitative estimate of drug-likeness (QED) is 0.149. The monoisotopic (exact) mass is 524 g/mol. The Morgan fingerprint density at radius 2 is 1.45 bits per heavy atom. The molecule has 38 heavy (non-hydrogen) atoms. The summed E-state index contributed by atoms with van der Waals surface area (Å²) < 4.78 is 13.1. The third-order valence-corrected chi connectivity index (χ3v) is 6.68. The van der Waals surface area contributed by atoms with Gasteiger partial charge < -0.3 is 10.6 Å². The summed E-state index contributed by atoms with van der Waals surface area (Å²) in [6.45, 7) is 1.93. The third-order valence-electron chi connectivity index (χ3n) is 5.67. The number of anilines is 1. The molecular weight excluding hydrogens is 499 g/mol. The number of carbonyl (C=O) groups excluding carboxylic acids is 3. The van der Waals surface area contributed by atoms with Gasteiger partial charge in [-0.1, -0.05) is 42.5 Å². The number of aryl methyl sites for hydroxylation is 1. The molecule has 2 amide bonds. The molecule has 0 atom stereocenters. The Balaban J connectivity index is 1.44. The van der Waals surface area contributed by atoms with Crippen molar-refractivity contribution in [3.8, 4) is 0 Å². The fourth-order valence-electron chi connectivity index (χ4n) is 3.55. The van der Waals surface area contributed by atoms with Gasteiger partial charge in [0.1, 0.15) is 11.5 Å². The summed E-state index contributed by atoms with van der Waals surface area (Å²) in [4.78, 5) is 39.2. The number of benzene rings is 4. The number of hydrogen-bond acceptors (Lipinski definition) is 4. The van der Waals surface area contributed by atoms with Crippen LogP contribution in [0.2, 0.25) is 0 Å². The summed E-state index contributed by atoms with van der Waals surface area (Å²) >= 11 is 1.35. The predicted octanol–water partition coefficient (Wildman–Crippen LogP) is 6.52. The molecule has 2 N–H and O–H groups in total. The summed E-state index contributed by atoms with van der Waals surface area (Å²) in [5.41, 5.74) is 3.30. The van der Waals surface area contributed by atoms with Gasteiger partial charge in [-0.05, 0) is 84.8 Å². The van der Waals surface area contributed by atoms with E-state index in [1.54, 1.807) is 54.6 Å². The number of thioether (sulfide) groups is 1. The molecule has 0 unspecified atom stereocenters. The van der Waals surface area contributed by atoms with Crippen LogP contribution in [0.3, 0.4) is 0 Å². The average molecular weight is 525 g/mol. The van der Waals surface area contributed by atoms with Crippen molar-refractivity contribution in [2.45, 2.75) is 11.8 Å². The second kappa shape index (κ2) is 12.7. The van der Waals surface area contributed by atoms with E-state index in [0.29, 0.717) is 16.8 Å². The van der Waals surface area contributed by atoms with Gasteiger partial charge in [0.25, 0.3) is 11.8 Å². The fourth-order valence-corrected chi connectivity index (χ4v) is 4.34. The highest BCUT2D eigenvalue weighted by Crippen LogP contribution is 2.22. The number of amides is 2. The first-order valence-corrected chi connectivity index (χ1v) is 12.8. The molecule has 0 saturated carbocycles. The zero-order valence-corrected chi connectivity index (χ0v) is 21.4. The second-order valence-electron chi connectivity index (χ2n) is 8.43. The van der Waals surface area contributed by atoms with E-state index in [4.69, 9.17) is 0 Å². The van der Waals surface area contributed by atoms with Gasteiger partial charge in [-0.3, -0.25) is 14.4 Å². The Morgan fingerprint density at radius 1 is 0.789 bits per heavy atom. The largest absolute Gasteiger partial charge is 0.321 e. The summed E-state index contributed by atoms with van der Waals surface area (Å²) in [6.07, 6.45) is 1.65. The smallest absolute Gasteiger partial charge is 0.272 e. The first kappa shape index (κ1) is 26.6. The molecule has 0 aromatic heterocycles. The number of Topliss-reactive ketones (excluding diaryl/α,β-unsaturated/α-hetero) is 1. The van der Waals surface area contributed by atoms with Crippen LogP contribution in [0.5, 0.6) is 0 Å². The van der Waals surface area contributed by atoms with Gasteiger partial charge >= 0.3 is 0 Å². The number of hydrogen-bond donors (Lipinski definition) is 2. The Labute approximate surface area is 224 Å². The summed E-state index contributed by atoms with van der Waals surface area (Å²) in [5.74, 6) is -1.15. The van der Waals surface area contributed by atoms with E-state index >= 15 is 0 Å². The molecule has 4 aromatic carbocycles. The molecule has 4 aromatic rings. The fraction of sp³-hybridized carbons (Fsp3) is 0.0645. The van der Waals surface area contributed by atoms with Crippen LogP contribution in [0, 0.1) is 12.7 Å². The molecule has 0 fully saturated rings. The van der Waals surface area contributed by atoms with E-state index in [0.717, 1.165) is 16.0 Å². The maximum absolute atomic E-state index is 13.2. The number of nitrogens with one attached hydrogen (secondary N) is 2. The summed E-state index contributed by atoms with van der Waals surface area (Å²) in [7, 11) is 0. The van der Waals surface area contributed by atoms with Crippen LogP contribution >= 0.6 is 11.8 Å². The van der Waals surface area contributed by atoms with Gasteiger partial charge in [-0.2, -0.15) is 0 Å². The molecule has 5 nitrogen and oxygen atoms in total. The lowest BCUT2D eigenvalue weighted by molar-refractivity contribution is -0.113. The second-order valence-corrected chi connectivity index (χ2v) is 9.48. The first-order valence-electron chi connectivity index (χ1n) is 11.9. The van der Waals surface area contributed by atoms with Crippen LogP contribution in [-0.4, -0.2) is 23.4 Å². The van der Waals surface area contributed by atoms with Crippen LogP contribution in [-0.2, 0) is 4.79 Å². The van der Waals surface area contributed by atoms with Crippen molar-refractivity contribution in [3.05, 3.63) is 137 Å². The molecule has 4 rings (SSSR count). The van der Waals surface area contributed by atoms with Crippen LogP contribution in [0.1, 0.15) is 31.8 Å². The lowest BCUT2D eigenvalue weighted by Crippen LogP contribution is -2.30. The maximum Gasteiger partial charge on any atom is 0.272 e. The van der Waals surface area contributed by atoms with Gasteiger partial charge in [0.05, 0.1) is 5.75 Å². The van der Waals surface area contributed by atoms with E-state index in [1.807, 2.05) is 37.3 Å². The van der Waals surface area contributed by atoms with Crippen molar-refractivity contribution in [3.63, 3.8) is 0 Å². The molecule has 0 saturated heterocycles. The zero-order valence-electron chi connectivity index (χ0n) is 20.6. The zero-order chi connectivity index (χ0) is 26.9. The molecular formula is C31H25FN2O3S. The highest BCUT2D eigenvalue weighted by Gasteiger charge is 2.16. The van der Waals surface area contributed by atoms with E-state index < -0.39 is 11.8 Å². The SMILES string of the molecule is Cc1ccccc1/C=C(\NC(=O)c1ccccc1)C(=O)Nc1ccc(SCC(=O)c2ccc(F)cc2)cc1. The van der Waals surface area contributed by atoms with E-state index in [1.165, 1.54) is 36.0 Å². The molecule has 0 heterocycles. The topological polar surface area (TPSA) is 75.3 Å². The number of carbonyl (C=O) groups is 3. The Morgan fingerprint density at radius 3 is 2.13 bits per heavy atom. The first-order chi connectivity index (χ1) is 18.4. The predicted molar refractivity (Wildman–Crippen MR) is 150 cm³/mol. The highest BCUT2D eigenvalue weighted by molar-refractivity contribution is 8.00. The Bertz CT molecular complexity index is 1470. The number of ketones is 1. The minimum atomic E-state index is -0.468. The van der Waals surface area contributed by atoms with Crippen molar-refractivity contribution in [2.75, 3.05) is 11.1 Å². The van der Waals surface area contributed by atoms with Crippen LogP contribution in [0.4, 0.5) is 10.1 Å². The van der Waals surface area contributed by atoms with Gasteiger partial charge in [0.15, 0.2) is 5.78 Å². The van der Waals surface area contributed by atoms with Crippen LogP contribution in [0.15, 0.2) is 114 Å². The minimum absolute atomic E-state index is 0.104. The number of halogens is 1. The van der Waals surface area contributed by atoms with Gasteiger partial charge in [-0.25, -0.2) is 4.39 Å². The van der Waals surface area contributed by atoms with E-state index in [-0.39, 0.29) is 23.1 Å². The average Bonchev–Trinajstić information content (AvgIpc) is 2.94. The molecule has 0 aliphatic heterocycles. The minimum Gasteiger partial charge on any atom is -0.321 e. The van der Waals surface area contributed by atoms with Crippen LogP contribution < -0.4 is 10.6 Å². The lowest BCUT2D eigenvalue weighted by atomic mass is 10.1. The molecule has 190 valence electrons. The van der Waals surface area contributed by atoms with Crippen molar-refractivity contribution in [1.29, 1.82) is 0 Å². The van der Waals surface area contributed by atoms with E-state index in [2.05, 4.69) is 10.6 Å². The molecule has 0 bridgehead atoms. The summed E-state index contributed by atoms with van der Waals surface area (Å²) in [5, 5.41) is 5.57. The highest BCUT2D eigenvalue weighted by atomic mass is 32.2. The normalized spacial score (nSPS) is 11.1. The standard InChI is InChI=1S/C31H25FN2O3S/c1-21-7-5-6-10-24(21)19-28(34-30(36)23-8-3-2-4-9-23)31(37)33-26-15-17-27(18-16-26)38-20-29(35)22-11-13-25(32)14-12-22/h2-19H,20H2,1H3,(H,33,37)(H,34,36)/b28-19-. The van der Waals surface area contributed by atoms with Gasteiger partial charge in [0, 0.05) is 21.7 Å². The Hall–Kier alpha value is -4.49. The molecule has 7 heteroatoms. The Kier molecular flexibility index (Phi) is 8.85. The lowest BCUT2D eigenvalue weighted by Gasteiger charge is -2.12. The van der Waals surface area contributed by atoms with Crippen molar-refractivity contribution >= 4 is 41.1 Å². The van der Waals surface area contributed by atoms with Crippen molar-refractivity contribution in [2.24, 2.45) is 0 Å². The third kappa shape index (κ3) is 7.27. The maximum atomic E-state index is 13.2.